The molecule has 0 aromatic carbocycles. The zero-order valence-corrected chi connectivity index (χ0v) is 8.88. The van der Waals surface area contributed by atoms with Crippen LogP contribution in [-0.2, 0) is 4.79 Å². The van der Waals surface area contributed by atoms with Crippen molar-refractivity contribution in [2.24, 2.45) is 17.6 Å². The molecule has 14 heavy (non-hydrogen) atoms. The summed E-state index contributed by atoms with van der Waals surface area (Å²) in [7, 11) is 0. The molecule has 4 N–H and O–H groups in total. The highest BCUT2D eigenvalue weighted by atomic mass is 16.1. The molecule has 0 saturated carbocycles. The van der Waals surface area contributed by atoms with Crippen LogP contribution < -0.4 is 16.4 Å². The van der Waals surface area contributed by atoms with Gasteiger partial charge in [-0.1, -0.05) is 6.92 Å². The molecule has 2 unspecified atom stereocenters. The van der Waals surface area contributed by atoms with Crippen LogP contribution in [0.15, 0.2) is 0 Å². The molecule has 0 aliphatic carbocycles. The highest BCUT2D eigenvalue weighted by Gasteiger charge is 2.28. The SMILES string of the molecule is CC1CNCC1C(=O)NCCCCN. The normalized spacial score (nSPS) is 26.4. The summed E-state index contributed by atoms with van der Waals surface area (Å²) in [6.07, 6.45) is 1.97. The van der Waals surface area contributed by atoms with Crippen LogP contribution in [-0.4, -0.2) is 32.1 Å². The molecule has 1 aliphatic heterocycles. The predicted molar refractivity (Wildman–Crippen MR) is 56.8 cm³/mol. The largest absolute Gasteiger partial charge is 0.356 e. The average Bonchev–Trinajstić information content (AvgIpc) is 2.59. The predicted octanol–water partition coefficient (Wildman–Crippen LogP) is -0.303. The topological polar surface area (TPSA) is 67.2 Å². The highest BCUT2D eigenvalue weighted by molar-refractivity contribution is 5.79. The van der Waals surface area contributed by atoms with Crippen molar-refractivity contribution in [2.45, 2.75) is 19.8 Å². The van der Waals surface area contributed by atoms with Gasteiger partial charge in [0.05, 0.1) is 5.92 Å². The van der Waals surface area contributed by atoms with Gasteiger partial charge in [0.25, 0.3) is 0 Å². The molecular formula is C10H21N3O. The van der Waals surface area contributed by atoms with Crippen molar-refractivity contribution in [1.29, 1.82) is 0 Å². The first-order chi connectivity index (χ1) is 6.75. The molecule has 1 rings (SSSR count). The van der Waals surface area contributed by atoms with Crippen molar-refractivity contribution >= 4 is 5.91 Å². The quantitative estimate of drug-likeness (QED) is 0.532. The molecule has 0 spiro atoms. The molecule has 0 aromatic rings. The molecule has 82 valence electrons. The summed E-state index contributed by atoms with van der Waals surface area (Å²) in [4.78, 5) is 11.6. The zero-order valence-electron chi connectivity index (χ0n) is 8.88. The monoisotopic (exact) mass is 199 g/mol. The van der Waals surface area contributed by atoms with Crippen molar-refractivity contribution in [3.05, 3.63) is 0 Å². The fraction of sp³-hybridized carbons (Fsp3) is 0.900. The van der Waals surface area contributed by atoms with E-state index in [2.05, 4.69) is 17.6 Å². The average molecular weight is 199 g/mol. The van der Waals surface area contributed by atoms with E-state index in [1.165, 1.54) is 0 Å². The Morgan fingerprint density at radius 3 is 2.86 bits per heavy atom. The summed E-state index contributed by atoms with van der Waals surface area (Å²) in [6, 6.07) is 0. The molecule has 1 heterocycles. The molecule has 2 atom stereocenters. The van der Waals surface area contributed by atoms with Crippen LogP contribution >= 0.6 is 0 Å². The maximum atomic E-state index is 11.6. The molecule has 0 bridgehead atoms. The lowest BCUT2D eigenvalue weighted by molar-refractivity contribution is -0.125. The Kier molecular flexibility index (Phi) is 4.90. The number of nitrogens with one attached hydrogen (secondary N) is 2. The number of amides is 1. The Bertz CT molecular complexity index is 184. The van der Waals surface area contributed by atoms with Gasteiger partial charge in [0, 0.05) is 13.1 Å². The van der Waals surface area contributed by atoms with E-state index in [0.717, 1.165) is 32.5 Å². The van der Waals surface area contributed by atoms with E-state index < -0.39 is 0 Å². The zero-order chi connectivity index (χ0) is 10.4. The lowest BCUT2D eigenvalue weighted by Crippen LogP contribution is -2.35. The molecule has 0 aromatic heterocycles. The number of hydrogen-bond donors (Lipinski definition) is 3. The fourth-order valence-electron chi connectivity index (χ4n) is 1.77. The first-order valence-electron chi connectivity index (χ1n) is 5.44. The highest BCUT2D eigenvalue weighted by Crippen LogP contribution is 2.15. The number of rotatable bonds is 5. The molecule has 4 heteroatoms. The summed E-state index contributed by atoms with van der Waals surface area (Å²) in [5, 5.41) is 6.18. The Labute approximate surface area is 85.6 Å². The van der Waals surface area contributed by atoms with Gasteiger partial charge in [0.2, 0.25) is 5.91 Å². The second-order valence-electron chi connectivity index (χ2n) is 4.03. The van der Waals surface area contributed by atoms with E-state index in [9.17, 15) is 4.79 Å². The molecule has 4 nitrogen and oxygen atoms in total. The van der Waals surface area contributed by atoms with Crippen LogP contribution in [0.3, 0.4) is 0 Å². The third kappa shape index (κ3) is 3.27. The Hall–Kier alpha value is -0.610. The van der Waals surface area contributed by atoms with E-state index in [4.69, 9.17) is 5.73 Å². The Morgan fingerprint density at radius 1 is 1.50 bits per heavy atom. The number of carbonyl (C=O) groups excluding carboxylic acids is 1. The van der Waals surface area contributed by atoms with Gasteiger partial charge in [-0.05, 0) is 31.8 Å². The van der Waals surface area contributed by atoms with Crippen LogP contribution in [0.25, 0.3) is 0 Å². The Morgan fingerprint density at radius 2 is 2.29 bits per heavy atom. The van der Waals surface area contributed by atoms with E-state index >= 15 is 0 Å². The van der Waals surface area contributed by atoms with Gasteiger partial charge in [-0.15, -0.1) is 0 Å². The summed E-state index contributed by atoms with van der Waals surface area (Å²) < 4.78 is 0. The molecule has 1 saturated heterocycles. The van der Waals surface area contributed by atoms with Crippen molar-refractivity contribution in [3.8, 4) is 0 Å². The van der Waals surface area contributed by atoms with Crippen LogP contribution in [0.1, 0.15) is 19.8 Å². The maximum Gasteiger partial charge on any atom is 0.224 e. The summed E-state index contributed by atoms with van der Waals surface area (Å²) in [6.45, 7) is 5.37. The van der Waals surface area contributed by atoms with Gasteiger partial charge in [0.15, 0.2) is 0 Å². The number of hydrogen-bond acceptors (Lipinski definition) is 3. The second-order valence-corrected chi connectivity index (χ2v) is 4.03. The van der Waals surface area contributed by atoms with Crippen molar-refractivity contribution in [2.75, 3.05) is 26.2 Å². The second kappa shape index (κ2) is 5.98. The molecular weight excluding hydrogens is 178 g/mol. The van der Waals surface area contributed by atoms with Gasteiger partial charge < -0.3 is 16.4 Å². The van der Waals surface area contributed by atoms with E-state index in [1.54, 1.807) is 0 Å². The van der Waals surface area contributed by atoms with Gasteiger partial charge in [-0.3, -0.25) is 4.79 Å². The minimum atomic E-state index is 0.160. The molecule has 0 radical (unpaired) electrons. The third-order valence-electron chi connectivity index (χ3n) is 2.78. The number of carbonyl (C=O) groups is 1. The first kappa shape index (κ1) is 11.5. The van der Waals surface area contributed by atoms with Gasteiger partial charge >= 0.3 is 0 Å². The van der Waals surface area contributed by atoms with Gasteiger partial charge in [0.1, 0.15) is 0 Å². The smallest absolute Gasteiger partial charge is 0.224 e. The molecule has 1 fully saturated rings. The fourth-order valence-corrected chi connectivity index (χ4v) is 1.77. The Balaban J connectivity index is 2.14. The first-order valence-corrected chi connectivity index (χ1v) is 5.44. The molecule has 1 aliphatic rings. The van der Waals surface area contributed by atoms with E-state index in [1.807, 2.05) is 0 Å². The van der Waals surface area contributed by atoms with E-state index in [0.29, 0.717) is 12.5 Å². The summed E-state index contributed by atoms with van der Waals surface area (Å²) >= 11 is 0. The minimum Gasteiger partial charge on any atom is -0.356 e. The van der Waals surface area contributed by atoms with Crippen LogP contribution in [0.2, 0.25) is 0 Å². The van der Waals surface area contributed by atoms with Crippen molar-refractivity contribution in [3.63, 3.8) is 0 Å². The summed E-state index contributed by atoms with van der Waals surface area (Å²) in [5.41, 5.74) is 5.37. The summed E-state index contributed by atoms with van der Waals surface area (Å²) in [5.74, 6) is 0.817. The van der Waals surface area contributed by atoms with Crippen molar-refractivity contribution in [1.82, 2.24) is 10.6 Å². The van der Waals surface area contributed by atoms with Gasteiger partial charge in [-0.25, -0.2) is 0 Å². The van der Waals surface area contributed by atoms with Crippen LogP contribution in [0.5, 0.6) is 0 Å². The molecule has 1 amide bonds. The van der Waals surface area contributed by atoms with Crippen molar-refractivity contribution < 1.29 is 4.79 Å². The maximum absolute atomic E-state index is 11.6. The number of unbranched alkanes of at least 4 members (excludes halogenated alkanes) is 1. The van der Waals surface area contributed by atoms with Gasteiger partial charge in [-0.2, -0.15) is 0 Å². The lowest BCUT2D eigenvalue weighted by atomic mass is 9.97. The standard InChI is InChI=1S/C10H21N3O/c1-8-6-12-7-9(8)10(14)13-5-3-2-4-11/h8-9,12H,2-7,11H2,1H3,(H,13,14). The minimum absolute atomic E-state index is 0.160. The van der Waals surface area contributed by atoms with Crippen LogP contribution in [0, 0.1) is 11.8 Å². The number of nitrogens with two attached hydrogens (primary N) is 1. The van der Waals surface area contributed by atoms with Crippen LogP contribution in [0.4, 0.5) is 0 Å². The van der Waals surface area contributed by atoms with E-state index in [-0.39, 0.29) is 11.8 Å². The third-order valence-corrected chi connectivity index (χ3v) is 2.78. The lowest BCUT2D eigenvalue weighted by Gasteiger charge is -2.13.